The van der Waals surface area contributed by atoms with Crippen LogP contribution in [0.25, 0.3) is 17.1 Å². The third kappa shape index (κ3) is 4.23. The van der Waals surface area contributed by atoms with Crippen LogP contribution < -0.4 is 0 Å². The molecule has 3 aromatic rings. The van der Waals surface area contributed by atoms with Gasteiger partial charge in [0.2, 0.25) is 5.91 Å². The van der Waals surface area contributed by atoms with E-state index in [1.165, 1.54) is 23.9 Å². The van der Waals surface area contributed by atoms with Gasteiger partial charge in [-0.3, -0.25) is 14.3 Å². The smallest absolute Gasteiger partial charge is 0.233 e. The van der Waals surface area contributed by atoms with Gasteiger partial charge in [-0.25, -0.2) is 4.39 Å². The molecule has 1 saturated heterocycles. The molecule has 0 unspecified atom stereocenters. The Morgan fingerprint density at radius 1 is 1.07 bits per heavy atom. The number of halogens is 1. The predicted octanol–water partition coefficient (Wildman–Crippen LogP) is 4.35. The van der Waals surface area contributed by atoms with E-state index in [4.69, 9.17) is 0 Å². The average Bonchev–Trinajstić information content (AvgIpc) is 3.17. The summed E-state index contributed by atoms with van der Waals surface area (Å²) >= 11 is 1.36. The minimum atomic E-state index is -0.310. The first kappa shape index (κ1) is 20.5. The molecule has 3 heterocycles. The number of likely N-dealkylation sites (tertiary alicyclic amines) is 1. The molecule has 0 radical (unpaired) electrons. The zero-order valence-electron chi connectivity index (χ0n) is 17.0. The molecule has 8 heteroatoms. The van der Waals surface area contributed by atoms with E-state index in [9.17, 15) is 9.18 Å². The number of hydrogen-bond acceptors (Lipinski definition) is 5. The average molecular weight is 426 g/mol. The van der Waals surface area contributed by atoms with Gasteiger partial charge >= 0.3 is 0 Å². The van der Waals surface area contributed by atoms with Crippen LogP contribution in [0.2, 0.25) is 0 Å². The molecular weight excluding hydrogens is 401 g/mol. The lowest BCUT2D eigenvalue weighted by Crippen LogP contribution is -2.48. The van der Waals surface area contributed by atoms with Gasteiger partial charge in [0.15, 0.2) is 11.0 Å². The van der Waals surface area contributed by atoms with E-state index in [1.54, 1.807) is 24.5 Å². The normalized spacial score (nSPS) is 19.1. The largest absolute Gasteiger partial charge is 0.337 e. The Morgan fingerprint density at radius 3 is 2.40 bits per heavy atom. The molecule has 1 fully saturated rings. The molecule has 6 nitrogen and oxygen atoms in total. The lowest BCUT2D eigenvalue weighted by Gasteiger charge is -2.39. The summed E-state index contributed by atoms with van der Waals surface area (Å²) in [5.41, 5.74) is 1.58. The van der Waals surface area contributed by atoms with Crippen molar-refractivity contribution in [2.45, 2.75) is 50.4 Å². The second-order valence-electron chi connectivity index (χ2n) is 7.57. The van der Waals surface area contributed by atoms with E-state index in [1.807, 2.05) is 21.6 Å². The number of thioether (sulfide) groups is 1. The molecule has 2 atom stereocenters. The number of piperidine rings is 1. The molecule has 0 saturated carbocycles. The van der Waals surface area contributed by atoms with Gasteiger partial charge in [-0.1, -0.05) is 11.8 Å². The van der Waals surface area contributed by atoms with Gasteiger partial charge in [-0.05, 0) is 69.5 Å². The van der Waals surface area contributed by atoms with Crippen molar-refractivity contribution in [3.05, 3.63) is 54.6 Å². The third-order valence-electron chi connectivity index (χ3n) is 5.46. The number of hydrogen-bond donors (Lipinski definition) is 0. The SMILES string of the molecule is C[C@H]1CCC[C@H](C)N1C(=O)CSc1nnc(-c2ccncc2)n1-c1ccc(F)cc1. The van der Waals surface area contributed by atoms with Gasteiger partial charge in [0.1, 0.15) is 5.82 Å². The van der Waals surface area contributed by atoms with Crippen molar-refractivity contribution >= 4 is 17.7 Å². The van der Waals surface area contributed by atoms with Gasteiger partial charge in [0.05, 0.1) is 5.75 Å². The molecule has 1 amide bonds. The Bertz CT molecular complexity index is 998. The van der Waals surface area contributed by atoms with Gasteiger partial charge < -0.3 is 4.90 Å². The first-order valence-corrected chi connectivity index (χ1v) is 11.1. The number of nitrogens with zero attached hydrogens (tertiary/aromatic N) is 5. The Morgan fingerprint density at radius 2 is 1.73 bits per heavy atom. The van der Waals surface area contributed by atoms with E-state index in [0.29, 0.717) is 11.0 Å². The van der Waals surface area contributed by atoms with Gasteiger partial charge in [-0.15, -0.1) is 10.2 Å². The summed E-state index contributed by atoms with van der Waals surface area (Å²) in [7, 11) is 0. The molecule has 1 aromatic carbocycles. The number of rotatable bonds is 5. The quantitative estimate of drug-likeness (QED) is 0.569. The highest BCUT2D eigenvalue weighted by molar-refractivity contribution is 7.99. The standard InChI is InChI=1S/C22H24FN5OS/c1-15-4-3-5-16(2)27(15)20(29)14-30-22-26-25-21(17-10-12-24-13-11-17)28(22)19-8-6-18(23)7-9-19/h6-13,15-16H,3-5,14H2,1-2H3/t15-,16-/m0/s1. The van der Waals surface area contributed by atoms with Crippen molar-refractivity contribution in [3.8, 4) is 17.1 Å². The lowest BCUT2D eigenvalue weighted by atomic mass is 9.98. The van der Waals surface area contributed by atoms with Crippen LogP contribution in [0.4, 0.5) is 4.39 Å². The molecule has 0 bridgehead atoms. The zero-order valence-corrected chi connectivity index (χ0v) is 17.8. The number of amides is 1. The van der Waals surface area contributed by atoms with Crippen LogP contribution in [0.15, 0.2) is 53.9 Å². The van der Waals surface area contributed by atoms with Crippen LogP contribution in [-0.4, -0.2) is 48.4 Å². The number of aromatic nitrogens is 4. The third-order valence-corrected chi connectivity index (χ3v) is 6.38. The highest BCUT2D eigenvalue weighted by atomic mass is 32.2. The summed E-state index contributed by atoms with van der Waals surface area (Å²) in [6.07, 6.45) is 6.62. The number of pyridine rings is 1. The molecule has 2 aromatic heterocycles. The van der Waals surface area contributed by atoms with Crippen LogP contribution in [0.3, 0.4) is 0 Å². The minimum Gasteiger partial charge on any atom is -0.337 e. The summed E-state index contributed by atoms with van der Waals surface area (Å²) < 4.78 is 15.3. The van der Waals surface area contributed by atoms with Gasteiger partial charge in [0, 0.05) is 35.7 Å². The second kappa shape index (κ2) is 8.95. The van der Waals surface area contributed by atoms with Crippen molar-refractivity contribution in [2.24, 2.45) is 0 Å². The number of carbonyl (C=O) groups is 1. The Hall–Kier alpha value is -2.74. The zero-order chi connectivity index (χ0) is 21.1. The minimum absolute atomic E-state index is 0.110. The van der Waals surface area contributed by atoms with Crippen LogP contribution >= 0.6 is 11.8 Å². The van der Waals surface area contributed by atoms with Crippen molar-refractivity contribution in [1.82, 2.24) is 24.6 Å². The molecular formula is C22H24FN5OS. The van der Waals surface area contributed by atoms with Crippen molar-refractivity contribution in [1.29, 1.82) is 0 Å². The highest BCUT2D eigenvalue weighted by Gasteiger charge is 2.29. The summed E-state index contributed by atoms with van der Waals surface area (Å²) in [5, 5.41) is 9.29. The van der Waals surface area contributed by atoms with Gasteiger partial charge in [-0.2, -0.15) is 0 Å². The van der Waals surface area contributed by atoms with Crippen molar-refractivity contribution in [3.63, 3.8) is 0 Å². The maximum absolute atomic E-state index is 13.5. The van der Waals surface area contributed by atoms with Crippen LogP contribution in [-0.2, 0) is 4.79 Å². The van der Waals surface area contributed by atoms with E-state index >= 15 is 0 Å². The van der Waals surface area contributed by atoms with E-state index in [0.717, 1.165) is 30.5 Å². The first-order valence-electron chi connectivity index (χ1n) is 10.1. The molecule has 0 aliphatic carbocycles. The maximum atomic E-state index is 13.5. The van der Waals surface area contributed by atoms with Gasteiger partial charge in [0.25, 0.3) is 0 Å². The first-order chi connectivity index (χ1) is 14.5. The number of benzene rings is 1. The molecule has 1 aliphatic heterocycles. The summed E-state index contributed by atoms with van der Waals surface area (Å²) in [6, 6.07) is 10.4. The van der Waals surface area contributed by atoms with Crippen LogP contribution in [0.5, 0.6) is 0 Å². The van der Waals surface area contributed by atoms with E-state index in [2.05, 4.69) is 29.0 Å². The second-order valence-corrected chi connectivity index (χ2v) is 8.52. The molecule has 0 N–H and O–H groups in total. The number of carbonyl (C=O) groups excluding carboxylic acids is 1. The molecule has 0 spiro atoms. The molecule has 4 rings (SSSR count). The Labute approximate surface area is 179 Å². The van der Waals surface area contributed by atoms with Crippen LogP contribution in [0, 0.1) is 5.82 Å². The van der Waals surface area contributed by atoms with Crippen LogP contribution in [0.1, 0.15) is 33.1 Å². The maximum Gasteiger partial charge on any atom is 0.233 e. The highest BCUT2D eigenvalue weighted by Crippen LogP contribution is 2.29. The fraction of sp³-hybridized carbons (Fsp3) is 0.364. The van der Waals surface area contributed by atoms with Crippen molar-refractivity contribution in [2.75, 3.05) is 5.75 Å². The van der Waals surface area contributed by atoms with E-state index in [-0.39, 0.29) is 29.6 Å². The fourth-order valence-electron chi connectivity index (χ4n) is 3.99. The monoisotopic (exact) mass is 425 g/mol. The van der Waals surface area contributed by atoms with E-state index < -0.39 is 0 Å². The Balaban J connectivity index is 1.62. The lowest BCUT2D eigenvalue weighted by molar-refractivity contribution is -0.134. The molecule has 30 heavy (non-hydrogen) atoms. The summed E-state index contributed by atoms with van der Waals surface area (Å²) in [5.74, 6) is 0.705. The molecule has 1 aliphatic rings. The summed E-state index contributed by atoms with van der Waals surface area (Å²) in [4.78, 5) is 19.0. The fourth-order valence-corrected chi connectivity index (χ4v) is 4.81. The van der Waals surface area contributed by atoms with Crippen molar-refractivity contribution < 1.29 is 9.18 Å². The summed E-state index contributed by atoms with van der Waals surface area (Å²) in [6.45, 7) is 4.22. The predicted molar refractivity (Wildman–Crippen MR) is 115 cm³/mol. The Kier molecular flexibility index (Phi) is 6.13. The topological polar surface area (TPSA) is 63.9 Å². The molecule has 156 valence electrons.